The van der Waals surface area contributed by atoms with Gasteiger partial charge in [0.15, 0.2) is 5.65 Å². The Morgan fingerprint density at radius 3 is 2.78 bits per heavy atom. The summed E-state index contributed by atoms with van der Waals surface area (Å²) in [6.07, 6.45) is 4.33. The Balaban J connectivity index is 1.39. The molecule has 0 radical (unpaired) electrons. The highest BCUT2D eigenvalue weighted by atomic mass is 16.5. The standard InChI is InChI=1S/C20H22N8O4/c1-25(19(31)17-14(12-21-23-17)18(30)26-7-9-32-10-8-26)13-4-6-28-15(11-13)22-20(24-28)27-5-2-3-16(27)29/h4,6,11-12H,2-3,5,7-10H2,1H3,(H,21,23). The molecule has 0 bridgehead atoms. The molecule has 3 amide bonds. The molecule has 0 atom stereocenters. The lowest BCUT2D eigenvalue weighted by atomic mass is 10.2. The summed E-state index contributed by atoms with van der Waals surface area (Å²) in [5.74, 6) is -0.305. The van der Waals surface area contributed by atoms with Gasteiger partial charge >= 0.3 is 0 Å². The van der Waals surface area contributed by atoms with Crippen molar-refractivity contribution in [3.8, 4) is 0 Å². The molecule has 2 aliphatic rings. The molecule has 2 aliphatic heterocycles. The molecule has 0 spiro atoms. The molecular formula is C20H22N8O4. The number of hydrogen-bond acceptors (Lipinski definition) is 7. The lowest BCUT2D eigenvalue weighted by Gasteiger charge is -2.26. The van der Waals surface area contributed by atoms with Gasteiger partial charge in [-0.2, -0.15) is 10.1 Å². The second-order valence-corrected chi connectivity index (χ2v) is 7.68. The monoisotopic (exact) mass is 438 g/mol. The average Bonchev–Trinajstić information content (AvgIpc) is 3.56. The first-order chi connectivity index (χ1) is 15.5. The number of pyridine rings is 1. The van der Waals surface area contributed by atoms with Gasteiger partial charge in [-0.1, -0.05) is 0 Å². The van der Waals surface area contributed by atoms with Crippen LogP contribution in [0.5, 0.6) is 0 Å². The van der Waals surface area contributed by atoms with Crippen LogP contribution in [-0.2, 0) is 9.53 Å². The number of morpholine rings is 1. The number of amides is 3. The van der Waals surface area contributed by atoms with Crippen LogP contribution in [0.2, 0.25) is 0 Å². The highest BCUT2D eigenvalue weighted by Crippen LogP contribution is 2.22. The van der Waals surface area contributed by atoms with Crippen molar-refractivity contribution in [2.75, 3.05) is 49.7 Å². The number of rotatable bonds is 4. The summed E-state index contributed by atoms with van der Waals surface area (Å²) in [4.78, 5) is 47.1. The van der Waals surface area contributed by atoms with E-state index in [1.807, 2.05) is 0 Å². The summed E-state index contributed by atoms with van der Waals surface area (Å²) in [5, 5.41) is 10.9. The normalized spacial score (nSPS) is 16.7. The summed E-state index contributed by atoms with van der Waals surface area (Å²) < 4.78 is 6.85. The van der Waals surface area contributed by atoms with E-state index >= 15 is 0 Å². The predicted molar refractivity (Wildman–Crippen MR) is 113 cm³/mol. The van der Waals surface area contributed by atoms with Gasteiger partial charge in [-0.15, -0.1) is 5.10 Å². The van der Waals surface area contributed by atoms with E-state index in [1.165, 1.54) is 11.1 Å². The van der Waals surface area contributed by atoms with Crippen LogP contribution in [0.4, 0.5) is 11.6 Å². The molecular weight excluding hydrogens is 416 g/mol. The summed E-state index contributed by atoms with van der Waals surface area (Å²) >= 11 is 0. The lowest BCUT2D eigenvalue weighted by Crippen LogP contribution is -2.41. The molecule has 3 aromatic heterocycles. The van der Waals surface area contributed by atoms with Crippen molar-refractivity contribution in [2.24, 2.45) is 0 Å². The van der Waals surface area contributed by atoms with Gasteiger partial charge in [-0.25, -0.2) is 4.52 Å². The molecule has 166 valence electrons. The predicted octanol–water partition coefficient (Wildman–Crippen LogP) is 0.328. The van der Waals surface area contributed by atoms with Crippen LogP contribution >= 0.6 is 0 Å². The number of fused-ring (bicyclic) bond motifs is 1. The fourth-order valence-corrected chi connectivity index (χ4v) is 3.87. The van der Waals surface area contributed by atoms with Crippen LogP contribution in [-0.4, -0.2) is 87.3 Å². The smallest absolute Gasteiger partial charge is 0.276 e. The Bertz CT molecular complexity index is 1200. The van der Waals surface area contributed by atoms with Gasteiger partial charge in [0.2, 0.25) is 5.91 Å². The van der Waals surface area contributed by atoms with Crippen molar-refractivity contribution >= 4 is 35.0 Å². The first-order valence-electron chi connectivity index (χ1n) is 10.4. The molecule has 0 unspecified atom stereocenters. The Hall–Kier alpha value is -3.80. The molecule has 0 saturated carbocycles. The third kappa shape index (κ3) is 3.47. The molecule has 0 aliphatic carbocycles. The van der Waals surface area contributed by atoms with Gasteiger partial charge < -0.3 is 14.5 Å². The van der Waals surface area contributed by atoms with Gasteiger partial charge in [0, 0.05) is 51.1 Å². The van der Waals surface area contributed by atoms with Crippen molar-refractivity contribution in [3.63, 3.8) is 0 Å². The number of nitrogens with one attached hydrogen (secondary N) is 1. The number of anilines is 2. The van der Waals surface area contributed by atoms with Crippen molar-refractivity contribution in [1.29, 1.82) is 0 Å². The SMILES string of the molecule is CN(C(=O)c1[nH]ncc1C(=O)N1CCOCC1)c1ccn2nc(N3CCCC3=O)nc2c1. The lowest BCUT2D eigenvalue weighted by molar-refractivity contribution is -0.117. The quantitative estimate of drug-likeness (QED) is 0.621. The fraction of sp³-hybridized carbons (Fsp3) is 0.400. The molecule has 32 heavy (non-hydrogen) atoms. The molecule has 0 aromatic carbocycles. The zero-order valence-electron chi connectivity index (χ0n) is 17.5. The zero-order chi connectivity index (χ0) is 22.2. The van der Waals surface area contributed by atoms with E-state index in [9.17, 15) is 14.4 Å². The van der Waals surface area contributed by atoms with Gasteiger partial charge in [0.25, 0.3) is 17.8 Å². The van der Waals surface area contributed by atoms with E-state index in [0.29, 0.717) is 56.6 Å². The van der Waals surface area contributed by atoms with Crippen LogP contribution in [0, 0.1) is 0 Å². The highest BCUT2D eigenvalue weighted by Gasteiger charge is 2.28. The van der Waals surface area contributed by atoms with E-state index in [2.05, 4.69) is 20.3 Å². The molecule has 2 fully saturated rings. The van der Waals surface area contributed by atoms with E-state index in [0.717, 1.165) is 6.42 Å². The molecule has 2 saturated heterocycles. The minimum Gasteiger partial charge on any atom is -0.378 e. The van der Waals surface area contributed by atoms with E-state index in [4.69, 9.17) is 4.74 Å². The molecule has 12 nitrogen and oxygen atoms in total. The number of H-pyrrole nitrogens is 1. The average molecular weight is 438 g/mol. The molecule has 3 aromatic rings. The molecule has 12 heteroatoms. The maximum atomic E-state index is 13.2. The first-order valence-corrected chi connectivity index (χ1v) is 10.4. The number of aromatic amines is 1. The van der Waals surface area contributed by atoms with Crippen molar-refractivity contribution in [2.45, 2.75) is 12.8 Å². The van der Waals surface area contributed by atoms with Crippen molar-refractivity contribution < 1.29 is 19.1 Å². The first kappa shape index (κ1) is 20.1. The van der Waals surface area contributed by atoms with Crippen molar-refractivity contribution in [3.05, 3.63) is 35.8 Å². The summed E-state index contributed by atoms with van der Waals surface area (Å²) in [7, 11) is 1.61. The summed E-state index contributed by atoms with van der Waals surface area (Å²) in [6.45, 7) is 2.48. The van der Waals surface area contributed by atoms with Gasteiger partial charge in [0.1, 0.15) is 5.69 Å². The zero-order valence-corrected chi connectivity index (χ0v) is 17.5. The van der Waals surface area contributed by atoms with E-state index < -0.39 is 5.91 Å². The fourth-order valence-electron chi connectivity index (χ4n) is 3.87. The van der Waals surface area contributed by atoms with E-state index in [-0.39, 0.29) is 23.1 Å². The second kappa shape index (κ2) is 8.04. The van der Waals surface area contributed by atoms with Gasteiger partial charge in [-0.05, 0) is 12.5 Å². The number of carbonyl (C=O) groups excluding carboxylic acids is 3. The number of ether oxygens (including phenoxy) is 1. The van der Waals surface area contributed by atoms with Crippen LogP contribution in [0.25, 0.3) is 5.65 Å². The third-order valence-electron chi connectivity index (χ3n) is 5.70. The number of hydrogen-bond donors (Lipinski definition) is 1. The maximum absolute atomic E-state index is 13.2. The van der Waals surface area contributed by atoms with E-state index in [1.54, 1.807) is 39.7 Å². The van der Waals surface area contributed by atoms with Crippen LogP contribution < -0.4 is 9.80 Å². The summed E-state index contributed by atoms with van der Waals surface area (Å²) in [6, 6.07) is 3.42. The maximum Gasteiger partial charge on any atom is 0.276 e. The number of carbonyl (C=O) groups is 3. The number of nitrogens with zero attached hydrogens (tertiary/aromatic N) is 7. The summed E-state index contributed by atoms with van der Waals surface area (Å²) in [5.41, 5.74) is 1.41. The van der Waals surface area contributed by atoms with Gasteiger partial charge in [0.05, 0.1) is 25.0 Å². The molecule has 5 rings (SSSR count). The Morgan fingerprint density at radius 2 is 2.03 bits per heavy atom. The second-order valence-electron chi connectivity index (χ2n) is 7.68. The topological polar surface area (TPSA) is 129 Å². The van der Waals surface area contributed by atoms with Gasteiger partial charge in [-0.3, -0.25) is 24.4 Å². The van der Waals surface area contributed by atoms with Crippen LogP contribution in [0.1, 0.15) is 33.7 Å². The van der Waals surface area contributed by atoms with Crippen molar-refractivity contribution in [1.82, 2.24) is 29.7 Å². The Kier molecular flexibility index (Phi) is 5.05. The van der Waals surface area contributed by atoms with Crippen LogP contribution in [0.3, 0.4) is 0 Å². The Morgan fingerprint density at radius 1 is 1.22 bits per heavy atom. The van der Waals surface area contributed by atoms with Crippen LogP contribution in [0.15, 0.2) is 24.5 Å². The molecule has 5 heterocycles. The third-order valence-corrected chi connectivity index (χ3v) is 5.70. The minimum absolute atomic E-state index is 0.00475. The highest BCUT2D eigenvalue weighted by molar-refractivity contribution is 6.11. The largest absolute Gasteiger partial charge is 0.378 e. The molecule has 1 N–H and O–H groups in total. The number of aromatic nitrogens is 5. The Labute approximate surface area is 182 Å². The minimum atomic E-state index is -0.405.